The van der Waals surface area contributed by atoms with Crippen molar-refractivity contribution >= 4 is 28.9 Å². The second-order valence-electron chi connectivity index (χ2n) is 6.41. The minimum atomic E-state index is 0.0798. The van der Waals surface area contributed by atoms with E-state index in [-0.39, 0.29) is 12.0 Å². The van der Waals surface area contributed by atoms with Gasteiger partial charge >= 0.3 is 0 Å². The molecule has 0 aromatic heterocycles. The topological polar surface area (TPSA) is 30.5 Å². The highest BCUT2D eigenvalue weighted by Crippen LogP contribution is 2.54. The van der Waals surface area contributed by atoms with E-state index in [2.05, 4.69) is 23.5 Å². The van der Waals surface area contributed by atoms with E-state index < -0.39 is 0 Å². The maximum absolute atomic E-state index is 6.50. The zero-order valence-corrected chi connectivity index (χ0v) is 15.6. The molecular formula is C20H19Cl2NO2. The highest BCUT2D eigenvalue weighted by molar-refractivity contribution is 6.36. The number of hydrogen-bond acceptors (Lipinski definition) is 3. The molecule has 1 aliphatic carbocycles. The molecule has 2 aliphatic rings. The molecule has 0 bridgehead atoms. The van der Waals surface area contributed by atoms with Gasteiger partial charge in [-0.25, -0.2) is 0 Å². The molecule has 0 saturated heterocycles. The summed E-state index contributed by atoms with van der Waals surface area (Å²) in [5.74, 6) is 2.16. The molecule has 1 aliphatic heterocycles. The van der Waals surface area contributed by atoms with Crippen LogP contribution in [-0.4, -0.2) is 14.2 Å². The largest absolute Gasteiger partial charge is 0.493 e. The van der Waals surface area contributed by atoms with Crippen molar-refractivity contribution in [1.29, 1.82) is 0 Å². The molecular weight excluding hydrogens is 357 g/mol. The second kappa shape index (κ2) is 6.47. The van der Waals surface area contributed by atoms with Crippen LogP contribution in [0.15, 0.2) is 42.5 Å². The minimum Gasteiger partial charge on any atom is -0.493 e. The molecule has 3 atom stereocenters. The zero-order valence-electron chi connectivity index (χ0n) is 14.1. The van der Waals surface area contributed by atoms with Crippen molar-refractivity contribution < 1.29 is 9.47 Å². The Bertz CT molecular complexity index is 850. The molecule has 0 saturated carbocycles. The molecule has 3 nitrogen and oxygen atoms in total. The average Bonchev–Trinajstić information content (AvgIpc) is 3.10. The summed E-state index contributed by atoms with van der Waals surface area (Å²) in [6.07, 6.45) is 5.49. The summed E-state index contributed by atoms with van der Waals surface area (Å²) in [5, 5.41) is 4.96. The Morgan fingerprint density at radius 1 is 1.08 bits per heavy atom. The molecule has 130 valence electrons. The van der Waals surface area contributed by atoms with Gasteiger partial charge in [0.2, 0.25) is 0 Å². The lowest BCUT2D eigenvalue weighted by Crippen LogP contribution is -2.29. The van der Waals surface area contributed by atoms with E-state index in [4.69, 9.17) is 32.7 Å². The Morgan fingerprint density at radius 2 is 1.92 bits per heavy atom. The Balaban J connectivity index is 1.85. The molecule has 25 heavy (non-hydrogen) atoms. The number of benzene rings is 2. The van der Waals surface area contributed by atoms with Crippen LogP contribution in [0.3, 0.4) is 0 Å². The van der Waals surface area contributed by atoms with Crippen molar-refractivity contribution in [3.63, 3.8) is 0 Å². The zero-order chi connectivity index (χ0) is 17.6. The van der Waals surface area contributed by atoms with Gasteiger partial charge in [-0.15, -0.1) is 0 Å². The van der Waals surface area contributed by atoms with Gasteiger partial charge in [-0.05, 0) is 36.1 Å². The Labute approximate surface area is 157 Å². The molecule has 2 aromatic rings. The van der Waals surface area contributed by atoms with Crippen molar-refractivity contribution in [3.05, 3.63) is 63.7 Å². The first kappa shape index (κ1) is 16.6. The monoisotopic (exact) mass is 375 g/mol. The van der Waals surface area contributed by atoms with E-state index in [1.807, 2.05) is 18.2 Å². The van der Waals surface area contributed by atoms with Crippen molar-refractivity contribution in [1.82, 2.24) is 0 Å². The van der Waals surface area contributed by atoms with E-state index in [1.54, 1.807) is 20.3 Å². The Morgan fingerprint density at radius 3 is 2.68 bits per heavy atom. The number of ether oxygens (including phenoxy) is 2. The number of nitrogens with one attached hydrogen (secondary N) is 1. The van der Waals surface area contributed by atoms with Crippen molar-refractivity contribution in [2.75, 3.05) is 19.5 Å². The maximum atomic E-state index is 6.50. The molecule has 0 spiro atoms. The van der Waals surface area contributed by atoms with Crippen LogP contribution >= 0.6 is 23.2 Å². The molecule has 5 heteroatoms. The number of para-hydroxylation sites is 1. The minimum absolute atomic E-state index is 0.0798. The molecule has 0 unspecified atom stereocenters. The second-order valence-corrected chi connectivity index (χ2v) is 7.25. The summed E-state index contributed by atoms with van der Waals surface area (Å²) >= 11 is 12.7. The van der Waals surface area contributed by atoms with Gasteiger partial charge < -0.3 is 14.8 Å². The predicted molar refractivity (Wildman–Crippen MR) is 102 cm³/mol. The standard InChI is InChI=1S/C20H19Cl2NO2/c1-24-17-8-4-7-14(20(17)25-2)18-13-6-3-5-12(13)15-9-11(21)10-16(22)19(15)23-18/h3-5,7-10,12-13,18,23H,6H2,1-2H3/t12-,13+,18-/m1/s1. The van der Waals surface area contributed by atoms with Gasteiger partial charge in [-0.3, -0.25) is 0 Å². The summed E-state index contributed by atoms with van der Waals surface area (Å²) in [6.45, 7) is 0. The highest BCUT2D eigenvalue weighted by atomic mass is 35.5. The first-order chi connectivity index (χ1) is 12.1. The van der Waals surface area contributed by atoms with Crippen LogP contribution in [0.25, 0.3) is 0 Å². The average molecular weight is 376 g/mol. The van der Waals surface area contributed by atoms with Gasteiger partial charge in [0.15, 0.2) is 11.5 Å². The number of allylic oxidation sites excluding steroid dienone is 2. The first-order valence-corrected chi connectivity index (χ1v) is 9.02. The van der Waals surface area contributed by atoms with Gasteiger partial charge in [0.25, 0.3) is 0 Å². The summed E-state index contributed by atoms with van der Waals surface area (Å²) in [4.78, 5) is 0. The lowest BCUT2D eigenvalue weighted by atomic mass is 9.77. The third kappa shape index (κ3) is 2.66. The molecule has 2 aromatic carbocycles. The molecule has 1 heterocycles. The fourth-order valence-electron chi connectivity index (χ4n) is 4.09. The molecule has 0 amide bonds. The summed E-state index contributed by atoms with van der Waals surface area (Å²) in [5.41, 5.74) is 3.19. The Kier molecular flexibility index (Phi) is 4.30. The van der Waals surface area contributed by atoms with E-state index in [1.165, 1.54) is 0 Å². The van der Waals surface area contributed by atoms with Crippen molar-refractivity contribution in [2.24, 2.45) is 5.92 Å². The van der Waals surface area contributed by atoms with E-state index >= 15 is 0 Å². The fourth-order valence-corrected chi connectivity index (χ4v) is 4.65. The van der Waals surface area contributed by atoms with Crippen LogP contribution < -0.4 is 14.8 Å². The first-order valence-electron chi connectivity index (χ1n) is 8.27. The smallest absolute Gasteiger partial charge is 0.165 e. The number of methoxy groups -OCH3 is 2. The number of hydrogen-bond donors (Lipinski definition) is 1. The lowest BCUT2D eigenvalue weighted by Gasteiger charge is -2.38. The summed E-state index contributed by atoms with van der Waals surface area (Å²) in [6, 6.07) is 9.88. The molecule has 1 N–H and O–H groups in total. The van der Waals surface area contributed by atoms with Crippen molar-refractivity contribution in [2.45, 2.75) is 18.4 Å². The van der Waals surface area contributed by atoms with Crippen molar-refractivity contribution in [3.8, 4) is 11.5 Å². The van der Waals surface area contributed by atoms with Crippen LogP contribution in [0.5, 0.6) is 11.5 Å². The van der Waals surface area contributed by atoms with Gasteiger partial charge in [-0.1, -0.05) is 47.5 Å². The van der Waals surface area contributed by atoms with E-state index in [9.17, 15) is 0 Å². The number of rotatable bonds is 3. The summed E-state index contributed by atoms with van der Waals surface area (Å²) in [7, 11) is 3.33. The summed E-state index contributed by atoms with van der Waals surface area (Å²) < 4.78 is 11.1. The number of anilines is 1. The van der Waals surface area contributed by atoms with Crippen LogP contribution in [0, 0.1) is 5.92 Å². The quantitative estimate of drug-likeness (QED) is 0.683. The third-order valence-electron chi connectivity index (χ3n) is 5.15. The van der Waals surface area contributed by atoms with Crippen LogP contribution in [0.1, 0.15) is 29.5 Å². The maximum Gasteiger partial charge on any atom is 0.165 e. The van der Waals surface area contributed by atoms with E-state index in [0.717, 1.165) is 34.7 Å². The van der Waals surface area contributed by atoms with Gasteiger partial charge in [-0.2, -0.15) is 0 Å². The van der Waals surface area contributed by atoms with Crippen LogP contribution in [0.2, 0.25) is 10.0 Å². The molecule has 0 fully saturated rings. The SMILES string of the molecule is COc1cccc([C@@H]2Nc3c(Cl)cc(Cl)cc3[C@@H]3C=CC[C@@H]32)c1OC. The van der Waals surface area contributed by atoms with Crippen LogP contribution in [-0.2, 0) is 0 Å². The lowest BCUT2D eigenvalue weighted by molar-refractivity contribution is 0.341. The van der Waals surface area contributed by atoms with E-state index in [0.29, 0.717) is 16.0 Å². The van der Waals surface area contributed by atoms with Gasteiger partial charge in [0.05, 0.1) is 31.0 Å². The number of fused-ring (bicyclic) bond motifs is 3. The van der Waals surface area contributed by atoms with Gasteiger partial charge in [0, 0.05) is 16.5 Å². The fraction of sp³-hybridized carbons (Fsp3) is 0.300. The Hall–Kier alpha value is -1.84. The highest BCUT2D eigenvalue weighted by Gasteiger charge is 2.40. The van der Waals surface area contributed by atoms with Crippen LogP contribution in [0.4, 0.5) is 5.69 Å². The molecule has 0 radical (unpaired) electrons. The van der Waals surface area contributed by atoms with Gasteiger partial charge in [0.1, 0.15) is 0 Å². The molecule has 4 rings (SSSR count). The number of halogens is 2. The predicted octanol–water partition coefficient (Wildman–Crippen LogP) is 5.84. The third-order valence-corrected chi connectivity index (χ3v) is 5.67. The normalized spacial score (nSPS) is 23.6.